The maximum Gasteiger partial charge on any atom is 0.162 e. The van der Waals surface area contributed by atoms with Crippen molar-refractivity contribution < 1.29 is 14.6 Å². The Bertz CT molecular complexity index is 395. The van der Waals surface area contributed by atoms with Gasteiger partial charge in [0.15, 0.2) is 11.5 Å². The van der Waals surface area contributed by atoms with Crippen LogP contribution >= 0.6 is 12.2 Å². The van der Waals surface area contributed by atoms with Crippen molar-refractivity contribution in [2.45, 2.75) is 26.1 Å². The third-order valence-corrected chi connectivity index (χ3v) is 2.63. The van der Waals surface area contributed by atoms with Gasteiger partial charge in [0.25, 0.3) is 0 Å². The second kappa shape index (κ2) is 6.42. The summed E-state index contributed by atoms with van der Waals surface area (Å²) in [4.78, 5) is 0.320. The van der Waals surface area contributed by atoms with Crippen LogP contribution in [0.2, 0.25) is 0 Å². The quantitative estimate of drug-likeness (QED) is 0.756. The molecular formula is C12H17NO3S. The molecule has 4 nitrogen and oxygen atoms in total. The smallest absolute Gasteiger partial charge is 0.162 e. The van der Waals surface area contributed by atoms with Gasteiger partial charge in [0, 0.05) is 0 Å². The van der Waals surface area contributed by atoms with Gasteiger partial charge in [0.05, 0.1) is 13.7 Å². The van der Waals surface area contributed by atoms with Crippen LogP contribution in [0.1, 0.15) is 18.9 Å². The Balaban J connectivity index is 2.93. The molecule has 0 radical (unpaired) electrons. The first kappa shape index (κ1) is 13.7. The molecule has 1 unspecified atom stereocenters. The van der Waals surface area contributed by atoms with E-state index < -0.39 is 0 Å². The average Bonchev–Trinajstić information content (AvgIpc) is 2.35. The summed E-state index contributed by atoms with van der Waals surface area (Å²) in [6.45, 7) is 1.90. The highest BCUT2D eigenvalue weighted by molar-refractivity contribution is 7.80. The van der Waals surface area contributed by atoms with Crippen LogP contribution in [0.3, 0.4) is 0 Å². The molecule has 94 valence electrons. The Morgan fingerprint density at radius 2 is 2.18 bits per heavy atom. The summed E-state index contributed by atoms with van der Waals surface area (Å²) in [5.74, 6) is 1.13. The molecule has 1 rings (SSSR count). The molecule has 3 N–H and O–H groups in total. The first-order chi connectivity index (χ1) is 8.12. The normalized spacial score (nSPS) is 11.9. The first-order valence-corrected chi connectivity index (χ1v) is 5.77. The van der Waals surface area contributed by atoms with Crippen LogP contribution in [-0.4, -0.2) is 23.3 Å². The number of nitrogens with two attached hydrogens (primary N) is 1. The maximum absolute atomic E-state index is 9.03. The Labute approximate surface area is 106 Å². The van der Waals surface area contributed by atoms with Gasteiger partial charge in [-0.3, -0.25) is 0 Å². The highest BCUT2D eigenvalue weighted by Crippen LogP contribution is 2.29. The SMILES string of the molecule is CCC(Oc1ccc(CO)cc1OC)C(N)=S. The third kappa shape index (κ3) is 3.57. The van der Waals surface area contributed by atoms with Gasteiger partial charge in [-0.15, -0.1) is 0 Å². The summed E-state index contributed by atoms with van der Waals surface area (Å²) in [5.41, 5.74) is 6.33. The van der Waals surface area contributed by atoms with Gasteiger partial charge in [-0.05, 0) is 24.1 Å². The third-order valence-electron chi connectivity index (χ3n) is 2.37. The van der Waals surface area contributed by atoms with E-state index in [1.54, 1.807) is 25.3 Å². The second-order valence-electron chi connectivity index (χ2n) is 3.56. The lowest BCUT2D eigenvalue weighted by Crippen LogP contribution is -2.31. The molecule has 0 fully saturated rings. The zero-order valence-electron chi connectivity index (χ0n) is 9.97. The summed E-state index contributed by atoms with van der Waals surface area (Å²) in [5, 5.41) is 9.03. The van der Waals surface area contributed by atoms with E-state index in [0.29, 0.717) is 22.9 Å². The first-order valence-electron chi connectivity index (χ1n) is 5.36. The Kier molecular flexibility index (Phi) is 5.18. The van der Waals surface area contributed by atoms with Crippen LogP contribution in [0.5, 0.6) is 11.5 Å². The van der Waals surface area contributed by atoms with E-state index in [2.05, 4.69) is 0 Å². The number of methoxy groups -OCH3 is 1. The van der Waals surface area contributed by atoms with Gasteiger partial charge >= 0.3 is 0 Å². The molecule has 0 saturated carbocycles. The molecular weight excluding hydrogens is 238 g/mol. The van der Waals surface area contributed by atoms with E-state index in [1.165, 1.54) is 0 Å². The van der Waals surface area contributed by atoms with E-state index in [9.17, 15) is 0 Å². The molecule has 0 aliphatic rings. The van der Waals surface area contributed by atoms with Crippen LogP contribution in [0, 0.1) is 0 Å². The highest BCUT2D eigenvalue weighted by atomic mass is 32.1. The van der Waals surface area contributed by atoms with Crippen LogP contribution < -0.4 is 15.2 Å². The van der Waals surface area contributed by atoms with Crippen LogP contribution in [-0.2, 0) is 6.61 Å². The van der Waals surface area contributed by atoms with E-state index in [4.69, 9.17) is 32.5 Å². The predicted molar refractivity (Wildman–Crippen MR) is 70.4 cm³/mol. The van der Waals surface area contributed by atoms with Crippen molar-refractivity contribution in [3.8, 4) is 11.5 Å². The molecule has 0 aliphatic carbocycles. The minimum Gasteiger partial charge on any atom is -0.493 e. The highest BCUT2D eigenvalue weighted by Gasteiger charge is 2.14. The molecule has 0 spiro atoms. The van der Waals surface area contributed by atoms with Gasteiger partial charge in [-0.2, -0.15) is 0 Å². The molecule has 0 aromatic heterocycles. The summed E-state index contributed by atoms with van der Waals surface area (Å²) in [6, 6.07) is 5.23. The molecule has 0 heterocycles. The average molecular weight is 255 g/mol. The number of aliphatic hydroxyl groups is 1. The lowest BCUT2D eigenvalue weighted by atomic mass is 10.2. The molecule has 0 amide bonds. The molecule has 1 atom stereocenters. The largest absolute Gasteiger partial charge is 0.493 e. The van der Waals surface area contributed by atoms with Crippen molar-refractivity contribution >= 4 is 17.2 Å². The van der Waals surface area contributed by atoms with Gasteiger partial charge < -0.3 is 20.3 Å². The lowest BCUT2D eigenvalue weighted by Gasteiger charge is -2.18. The topological polar surface area (TPSA) is 64.7 Å². The van der Waals surface area contributed by atoms with Crippen LogP contribution in [0.4, 0.5) is 0 Å². The number of rotatable bonds is 6. The van der Waals surface area contributed by atoms with E-state index in [-0.39, 0.29) is 12.7 Å². The standard InChI is InChI=1S/C12H17NO3S/c1-3-9(12(13)17)16-10-5-4-8(7-14)6-11(10)15-2/h4-6,9,14H,3,7H2,1-2H3,(H2,13,17). The molecule has 17 heavy (non-hydrogen) atoms. The summed E-state index contributed by atoms with van der Waals surface area (Å²) < 4.78 is 10.9. The van der Waals surface area contributed by atoms with Crippen molar-refractivity contribution in [2.75, 3.05) is 7.11 Å². The summed E-state index contributed by atoms with van der Waals surface area (Å²) in [6.07, 6.45) is 0.388. The van der Waals surface area contributed by atoms with E-state index >= 15 is 0 Å². The second-order valence-corrected chi connectivity index (χ2v) is 4.03. The van der Waals surface area contributed by atoms with E-state index in [0.717, 1.165) is 5.56 Å². The van der Waals surface area contributed by atoms with Crippen molar-refractivity contribution in [1.29, 1.82) is 0 Å². The fraction of sp³-hybridized carbons (Fsp3) is 0.417. The van der Waals surface area contributed by atoms with E-state index in [1.807, 2.05) is 6.92 Å². The van der Waals surface area contributed by atoms with Crippen LogP contribution in [0.25, 0.3) is 0 Å². The molecule has 0 saturated heterocycles. The number of thiocarbonyl (C=S) groups is 1. The van der Waals surface area contributed by atoms with Gasteiger partial charge in [-0.1, -0.05) is 25.2 Å². The summed E-state index contributed by atoms with van der Waals surface area (Å²) in [7, 11) is 1.55. The minimum absolute atomic E-state index is 0.0385. The Morgan fingerprint density at radius 3 is 2.65 bits per heavy atom. The fourth-order valence-electron chi connectivity index (χ4n) is 1.40. The van der Waals surface area contributed by atoms with Gasteiger partial charge in [0.1, 0.15) is 11.1 Å². The Hall–Kier alpha value is -1.33. The maximum atomic E-state index is 9.03. The van der Waals surface area contributed by atoms with Crippen molar-refractivity contribution in [2.24, 2.45) is 5.73 Å². The van der Waals surface area contributed by atoms with Gasteiger partial charge in [-0.25, -0.2) is 0 Å². The fourth-order valence-corrected chi connectivity index (χ4v) is 1.62. The van der Waals surface area contributed by atoms with Crippen LogP contribution in [0.15, 0.2) is 18.2 Å². The predicted octanol–water partition coefficient (Wildman–Crippen LogP) is 1.63. The zero-order chi connectivity index (χ0) is 12.8. The minimum atomic E-state index is -0.307. The molecule has 0 aliphatic heterocycles. The lowest BCUT2D eigenvalue weighted by molar-refractivity contribution is 0.248. The molecule has 0 bridgehead atoms. The van der Waals surface area contributed by atoms with Crippen molar-refractivity contribution in [3.05, 3.63) is 23.8 Å². The van der Waals surface area contributed by atoms with Gasteiger partial charge in [0.2, 0.25) is 0 Å². The Morgan fingerprint density at radius 1 is 1.47 bits per heavy atom. The molecule has 1 aromatic carbocycles. The number of hydrogen-bond donors (Lipinski definition) is 2. The van der Waals surface area contributed by atoms with Crippen molar-refractivity contribution in [3.63, 3.8) is 0 Å². The summed E-state index contributed by atoms with van der Waals surface area (Å²) >= 11 is 4.92. The number of aliphatic hydroxyl groups excluding tert-OH is 1. The monoisotopic (exact) mass is 255 g/mol. The van der Waals surface area contributed by atoms with Crippen molar-refractivity contribution in [1.82, 2.24) is 0 Å². The number of ether oxygens (including phenoxy) is 2. The zero-order valence-corrected chi connectivity index (χ0v) is 10.8. The number of benzene rings is 1. The molecule has 5 heteroatoms. The number of hydrogen-bond acceptors (Lipinski definition) is 4. The molecule has 1 aromatic rings.